The summed E-state index contributed by atoms with van der Waals surface area (Å²) in [5, 5.41) is 0. The zero-order valence-corrected chi connectivity index (χ0v) is 15.3. The fraction of sp³-hybridized carbons (Fsp3) is 0.611. The zero-order chi connectivity index (χ0) is 18.4. The first kappa shape index (κ1) is 17.5. The van der Waals surface area contributed by atoms with Crippen LogP contribution < -0.4 is 0 Å². The minimum Gasteiger partial charge on any atom is -0.441 e. The normalized spacial score (nSPS) is 23.8. The Bertz CT molecular complexity index is 739. The van der Waals surface area contributed by atoms with Crippen LogP contribution in [0.4, 0.5) is 4.79 Å². The molecule has 1 aromatic heterocycles. The fourth-order valence-corrected chi connectivity index (χ4v) is 4.00. The van der Waals surface area contributed by atoms with Crippen LogP contribution in [0.1, 0.15) is 58.3 Å². The van der Waals surface area contributed by atoms with Crippen molar-refractivity contribution in [2.75, 3.05) is 26.7 Å². The molecule has 2 fully saturated rings. The van der Waals surface area contributed by atoms with Crippen molar-refractivity contribution in [3.05, 3.63) is 22.5 Å². The molecule has 136 valence electrons. The maximum absolute atomic E-state index is 13.0. The predicted octanol–water partition coefficient (Wildman–Crippen LogP) is 2.28. The highest BCUT2D eigenvalue weighted by Crippen LogP contribution is 2.33. The first-order valence-electron chi connectivity index (χ1n) is 8.67. The van der Waals surface area contributed by atoms with Crippen molar-refractivity contribution in [2.24, 2.45) is 0 Å². The highest BCUT2D eigenvalue weighted by molar-refractivity contribution is 6.02. The Hall–Kier alpha value is -2.31. The van der Waals surface area contributed by atoms with Crippen molar-refractivity contribution in [2.45, 2.75) is 45.6 Å². The molecule has 7 heteroatoms. The van der Waals surface area contributed by atoms with Crippen LogP contribution in [-0.2, 0) is 4.74 Å². The number of H-pyrrole nitrogens is 1. The minimum atomic E-state index is -0.479. The number of hydrogen-bond acceptors (Lipinski definition) is 4. The van der Waals surface area contributed by atoms with Crippen LogP contribution in [0.25, 0.3) is 0 Å². The van der Waals surface area contributed by atoms with Crippen LogP contribution >= 0.6 is 0 Å². The van der Waals surface area contributed by atoms with E-state index in [0.29, 0.717) is 42.9 Å². The molecule has 2 saturated heterocycles. The molecule has 0 unspecified atom stereocenters. The van der Waals surface area contributed by atoms with Crippen molar-refractivity contribution in [1.82, 2.24) is 14.8 Å². The molecule has 2 aliphatic rings. The van der Waals surface area contributed by atoms with Gasteiger partial charge >= 0.3 is 6.09 Å². The Morgan fingerprint density at radius 2 is 1.92 bits per heavy atom. The molecule has 25 heavy (non-hydrogen) atoms. The molecule has 0 saturated carbocycles. The molecule has 7 nitrogen and oxygen atoms in total. The number of ether oxygens (including phenoxy) is 1. The maximum Gasteiger partial charge on any atom is 0.410 e. The van der Waals surface area contributed by atoms with Gasteiger partial charge in [-0.1, -0.05) is 0 Å². The van der Waals surface area contributed by atoms with Gasteiger partial charge in [0.15, 0.2) is 5.78 Å². The number of Topliss-reactive ketones (excluding diaryl/α,β-unsaturated/α-hetero) is 1. The van der Waals surface area contributed by atoms with Gasteiger partial charge in [-0.05, 0) is 32.3 Å². The summed E-state index contributed by atoms with van der Waals surface area (Å²) in [6, 6.07) is 0. The first-order valence-corrected chi connectivity index (χ1v) is 8.67. The molecule has 2 aliphatic heterocycles. The third kappa shape index (κ3) is 3.03. The number of hydrogen-bond donors (Lipinski definition) is 1. The number of carbonyl (C=O) groups excluding carboxylic acids is 3. The standard InChI is InChI=1S/C18H25N3O4/c1-11-14(12(2)19-15(11)13(3)22)16(23)21-8-5-6-18(7-9-21)10-20(4)17(24)25-18/h19H,5-10H2,1-4H3/t18-/m1/s1. The fourth-order valence-electron chi connectivity index (χ4n) is 4.00. The highest BCUT2D eigenvalue weighted by Gasteiger charge is 2.45. The lowest BCUT2D eigenvalue weighted by molar-refractivity contribution is 0.0438. The Balaban J connectivity index is 1.79. The Morgan fingerprint density at radius 1 is 1.20 bits per heavy atom. The molecule has 0 aliphatic carbocycles. The predicted molar refractivity (Wildman–Crippen MR) is 91.9 cm³/mol. The third-order valence-electron chi connectivity index (χ3n) is 5.33. The molecular formula is C18H25N3O4. The van der Waals surface area contributed by atoms with Gasteiger partial charge in [0.2, 0.25) is 0 Å². The average Bonchev–Trinajstić information content (AvgIpc) is 2.88. The quantitative estimate of drug-likeness (QED) is 0.832. The van der Waals surface area contributed by atoms with Crippen molar-refractivity contribution in [3.63, 3.8) is 0 Å². The number of nitrogens with zero attached hydrogens (tertiary/aromatic N) is 2. The van der Waals surface area contributed by atoms with Gasteiger partial charge in [-0.3, -0.25) is 9.59 Å². The van der Waals surface area contributed by atoms with E-state index in [4.69, 9.17) is 4.74 Å². The number of nitrogens with one attached hydrogen (secondary N) is 1. The molecule has 0 bridgehead atoms. The lowest BCUT2D eigenvalue weighted by Gasteiger charge is -2.25. The second-order valence-electron chi connectivity index (χ2n) is 7.23. The van der Waals surface area contributed by atoms with E-state index in [-0.39, 0.29) is 17.8 Å². The van der Waals surface area contributed by atoms with Gasteiger partial charge < -0.3 is 19.5 Å². The molecule has 0 aromatic carbocycles. The summed E-state index contributed by atoms with van der Waals surface area (Å²) in [6.45, 7) is 6.86. The maximum atomic E-state index is 13.0. The molecule has 3 heterocycles. The van der Waals surface area contributed by atoms with E-state index in [0.717, 1.165) is 18.5 Å². The van der Waals surface area contributed by atoms with Crippen LogP contribution in [0.2, 0.25) is 0 Å². The van der Waals surface area contributed by atoms with Gasteiger partial charge in [-0.2, -0.15) is 0 Å². The van der Waals surface area contributed by atoms with Gasteiger partial charge in [-0.25, -0.2) is 4.79 Å². The van der Waals surface area contributed by atoms with Crippen molar-refractivity contribution >= 4 is 17.8 Å². The van der Waals surface area contributed by atoms with Crippen molar-refractivity contribution in [1.29, 1.82) is 0 Å². The summed E-state index contributed by atoms with van der Waals surface area (Å²) in [7, 11) is 1.74. The minimum absolute atomic E-state index is 0.0616. The van der Waals surface area contributed by atoms with Crippen molar-refractivity contribution in [3.8, 4) is 0 Å². The number of amides is 2. The van der Waals surface area contributed by atoms with Crippen LogP contribution in [0, 0.1) is 13.8 Å². The highest BCUT2D eigenvalue weighted by atomic mass is 16.6. The van der Waals surface area contributed by atoms with E-state index >= 15 is 0 Å². The average molecular weight is 347 g/mol. The molecule has 1 atom stereocenters. The van der Waals surface area contributed by atoms with Gasteiger partial charge in [0.25, 0.3) is 5.91 Å². The largest absolute Gasteiger partial charge is 0.441 e. The summed E-state index contributed by atoms with van der Waals surface area (Å²) in [5.41, 5.74) is 2.04. The number of likely N-dealkylation sites (N-methyl/N-ethyl adjacent to an activating group) is 1. The molecule has 0 radical (unpaired) electrons. The Morgan fingerprint density at radius 3 is 2.48 bits per heavy atom. The van der Waals surface area contributed by atoms with E-state index in [1.54, 1.807) is 18.9 Å². The lowest BCUT2D eigenvalue weighted by atomic mass is 9.95. The summed E-state index contributed by atoms with van der Waals surface area (Å²) >= 11 is 0. The molecule has 3 rings (SSSR count). The number of likely N-dealkylation sites (tertiary alicyclic amines) is 1. The number of ketones is 1. The Kier molecular flexibility index (Phi) is 4.34. The molecular weight excluding hydrogens is 322 g/mol. The summed E-state index contributed by atoms with van der Waals surface area (Å²) in [5.74, 6) is -0.135. The number of aryl methyl sites for hydroxylation is 1. The third-order valence-corrected chi connectivity index (χ3v) is 5.33. The monoisotopic (exact) mass is 347 g/mol. The number of aromatic amines is 1. The van der Waals surface area contributed by atoms with E-state index in [9.17, 15) is 14.4 Å². The number of carbonyl (C=O) groups is 3. The number of aromatic nitrogens is 1. The van der Waals surface area contributed by atoms with Crippen LogP contribution in [0.3, 0.4) is 0 Å². The van der Waals surface area contributed by atoms with Gasteiger partial charge in [0, 0.05) is 39.2 Å². The SMILES string of the molecule is CC(=O)c1[nH]c(C)c(C(=O)N2CCC[C@@]3(CC2)CN(C)C(=O)O3)c1C. The van der Waals surface area contributed by atoms with E-state index in [2.05, 4.69) is 4.98 Å². The first-order chi connectivity index (χ1) is 11.7. The molecule has 1 N–H and O–H groups in total. The molecule has 1 spiro atoms. The second kappa shape index (κ2) is 6.20. The van der Waals surface area contributed by atoms with Crippen LogP contribution in [0.15, 0.2) is 0 Å². The second-order valence-corrected chi connectivity index (χ2v) is 7.23. The van der Waals surface area contributed by atoms with E-state index in [1.807, 2.05) is 11.8 Å². The summed E-state index contributed by atoms with van der Waals surface area (Å²) < 4.78 is 5.60. The van der Waals surface area contributed by atoms with Gasteiger partial charge in [0.05, 0.1) is 17.8 Å². The lowest BCUT2D eigenvalue weighted by Crippen LogP contribution is -2.37. The van der Waals surface area contributed by atoms with Crippen LogP contribution in [0.5, 0.6) is 0 Å². The van der Waals surface area contributed by atoms with Gasteiger partial charge in [0.1, 0.15) is 5.60 Å². The smallest absolute Gasteiger partial charge is 0.410 e. The van der Waals surface area contributed by atoms with E-state index < -0.39 is 5.60 Å². The van der Waals surface area contributed by atoms with Crippen LogP contribution in [-0.4, -0.2) is 64.9 Å². The van der Waals surface area contributed by atoms with E-state index in [1.165, 1.54) is 6.92 Å². The topological polar surface area (TPSA) is 82.7 Å². The zero-order valence-electron chi connectivity index (χ0n) is 15.3. The molecule has 2 amide bonds. The van der Waals surface area contributed by atoms with Crippen molar-refractivity contribution < 1.29 is 19.1 Å². The van der Waals surface area contributed by atoms with Gasteiger partial charge in [-0.15, -0.1) is 0 Å². The summed E-state index contributed by atoms with van der Waals surface area (Å²) in [4.78, 5) is 42.9. The molecule has 1 aromatic rings. The Labute approximate surface area is 147 Å². The summed E-state index contributed by atoms with van der Waals surface area (Å²) in [6.07, 6.45) is 1.89. The number of rotatable bonds is 2.